The molecule has 0 unspecified atom stereocenters. The van der Waals surface area contributed by atoms with Gasteiger partial charge in [0.05, 0.1) is 6.10 Å². The molecule has 1 aromatic heterocycles. The van der Waals surface area contributed by atoms with Gasteiger partial charge in [-0.15, -0.1) is 0 Å². The summed E-state index contributed by atoms with van der Waals surface area (Å²) in [7, 11) is 0. The van der Waals surface area contributed by atoms with Gasteiger partial charge in [-0.1, -0.05) is 29.4 Å². The fourth-order valence-electron chi connectivity index (χ4n) is 3.25. The summed E-state index contributed by atoms with van der Waals surface area (Å²) < 4.78 is 27.4. The Morgan fingerprint density at radius 3 is 2.66 bits per heavy atom. The van der Waals surface area contributed by atoms with Crippen LogP contribution < -0.4 is 0 Å². The summed E-state index contributed by atoms with van der Waals surface area (Å²) in [5.41, 5.74) is 2.02. The van der Waals surface area contributed by atoms with Gasteiger partial charge in [0.25, 0.3) is 0 Å². The van der Waals surface area contributed by atoms with Gasteiger partial charge in [-0.3, -0.25) is 9.59 Å². The standard InChI is InChI=1S/C23H28N2O7/c1-14-7-5-6-8-18(14)23-24-21(32-25-23)11-9-15(2)29-22-12-10-19(30-17(4)27)20(31-22)13-28-16(3)26/h5-8,10,12,15,19-20,22H,9,11,13H2,1-4H3/t15-,19-,20+,22-/m0/s1. The van der Waals surface area contributed by atoms with Crippen molar-refractivity contribution in [3.05, 3.63) is 47.9 Å². The lowest BCUT2D eigenvalue weighted by atomic mass is 10.1. The Morgan fingerprint density at radius 2 is 1.94 bits per heavy atom. The molecule has 4 atom stereocenters. The van der Waals surface area contributed by atoms with Crippen LogP contribution in [0.15, 0.2) is 40.9 Å². The van der Waals surface area contributed by atoms with Gasteiger partial charge in [0.1, 0.15) is 18.8 Å². The van der Waals surface area contributed by atoms with E-state index in [1.54, 1.807) is 12.2 Å². The highest BCUT2D eigenvalue weighted by atomic mass is 16.7. The molecule has 0 spiro atoms. The molecular formula is C23H28N2O7. The van der Waals surface area contributed by atoms with Crippen LogP contribution in [0.25, 0.3) is 11.4 Å². The molecule has 0 radical (unpaired) electrons. The molecule has 0 aliphatic carbocycles. The molecule has 0 saturated carbocycles. The first-order chi connectivity index (χ1) is 15.3. The molecule has 0 N–H and O–H groups in total. The summed E-state index contributed by atoms with van der Waals surface area (Å²) >= 11 is 0. The van der Waals surface area contributed by atoms with Crippen molar-refractivity contribution in [3.63, 3.8) is 0 Å². The zero-order chi connectivity index (χ0) is 23.1. The van der Waals surface area contributed by atoms with E-state index in [-0.39, 0.29) is 12.7 Å². The average Bonchev–Trinajstić information content (AvgIpc) is 3.21. The van der Waals surface area contributed by atoms with Crippen molar-refractivity contribution in [3.8, 4) is 11.4 Å². The number of nitrogens with zero attached hydrogens (tertiary/aromatic N) is 2. The Bertz CT molecular complexity index is 955. The lowest BCUT2D eigenvalue weighted by Gasteiger charge is -2.32. The highest BCUT2D eigenvalue weighted by molar-refractivity contribution is 5.67. The molecule has 3 rings (SSSR count). The van der Waals surface area contributed by atoms with E-state index in [0.29, 0.717) is 24.6 Å². The van der Waals surface area contributed by atoms with Crippen molar-refractivity contribution in [2.45, 2.75) is 65.1 Å². The SMILES string of the molecule is CC(=O)OC[C@H]1O[C@H](O[C@@H](C)CCc2nc(-c3ccccc3C)no2)C=C[C@@H]1OC(C)=O. The first-order valence-corrected chi connectivity index (χ1v) is 10.5. The summed E-state index contributed by atoms with van der Waals surface area (Å²) in [6.45, 7) is 6.48. The Balaban J connectivity index is 1.53. The predicted octanol–water partition coefficient (Wildman–Crippen LogP) is 3.16. The van der Waals surface area contributed by atoms with Gasteiger partial charge in [-0.05, 0) is 38.0 Å². The second-order valence-corrected chi connectivity index (χ2v) is 7.62. The van der Waals surface area contributed by atoms with Crippen molar-refractivity contribution in [2.75, 3.05) is 6.61 Å². The summed E-state index contributed by atoms with van der Waals surface area (Å²) in [6, 6.07) is 7.86. The van der Waals surface area contributed by atoms with E-state index < -0.39 is 30.4 Å². The van der Waals surface area contributed by atoms with E-state index >= 15 is 0 Å². The number of hydrogen-bond acceptors (Lipinski definition) is 9. The molecule has 2 heterocycles. The van der Waals surface area contributed by atoms with Crippen LogP contribution in [-0.4, -0.2) is 53.3 Å². The third kappa shape index (κ3) is 6.73. The Kier molecular flexibility index (Phi) is 8.13. The monoisotopic (exact) mass is 444 g/mol. The van der Waals surface area contributed by atoms with Crippen LogP contribution in [0.2, 0.25) is 0 Å². The number of carbonyl (C=O) groups is 2. The number of hydrogen-bond donors (Lipinski definition) is 0. The number of aryl methyl sites for hydroxylation is 2. The lowest BCUT2D eigenvalue weighted by molar-refractivity contribution is -0.208. The zero-order valence-electron chi connectivity index (χ0n) is 18.6. The van der Waals surface area contributed by atoms with Crippen LogP contribution in [0, 0.1) is 6.92 Å². The van der Waals surface area contributed by atoms with Crippen molar-refractivity contribution >= 4 is 11.9 Å². The second kappa shape index (κ2) is 11.0. The summed E-state index contributed by atoms with van der Waals surface area (Å²) in [6.07, 6.45) is 2.38. The molecular weight excluding hydrogens is 416 g/mol. The molecule has 1 aliphatic heterocycles. The minimum atomic E-state index is -0.664. The molecule has 9 heteroatoms. The van der Waals surface area contributed by atoms with Gasteiger partial charge in [0.15, 0.2) is 6.29 Å². The van der Waals surface area contributed by atoms with E-state index in [1.807, 2.05) is 38.1 Å². The zero-order valence-corrected chi connectivity index (χ0v) is 18.6. The number of ether oxygens (including phenoxy) is 4. The maximum absolute atomic E-state index is 11.3. The Morgan fingerprint density at radius 1 is 1.16 bits per heavy atom. The number of carbonyl (C=O) groups excluding carboxylic acids is 2. The van der Waals surface area contributed by atoms with Gasteiger partial charge < -0.3 is 23.5 Å². The maximum atomic E-state index is 11.3. The van der Waals surface area contributed by atoms with Crippen molar-refractivity contribution in [1.82, 2.24) is 10.1 Å². The molecule has 0 saturated heterocycles. The summed E-state index contributed by atoms with van der Waals surface area (Å²) in [5, 5.41) is 4.07. The minimum absolute atomic E-state index is 0.0461. The number of rotatable bonds is 9. The second-order valence-electron chi connectivity index (χ2n) is 7.62. The third-order valence-electron chi connectivity index (χ3n) is 4.87. The highest BCUT2D eigenvalue weighted by Gasteiger charge is 2.31. The number of aromatic nitrogens is 2. The van der Waals surface area contributed by atoms with E-state index in [2.05, 4.69) is 10.1 Å². The number of benzene rings is 1. The molecule has 32 heavy (non-hydrogen) atoms. The minimum Gasteiger partial charge on any atom is -0.463 e. The smallest absolute Gasteiger partial charge is 0.303 e. The molecule has 0 amide bonds. The predicted molar refractivity (Wildman–Crippen MR) is 113 cm³/mol. The van der Waals surface area contributed by atoms with Crippen LogP contribution in [0.5, 0.6) is 0 Å². The fraction of sp³-hybridized carbons (Fsp3) is 0.478. The maximum Gasteiger partial charge on any atom is 0.303 e. The van der Waals surface area contributed by atoms with Gasteiger partial charge in [0.2, 0.25) is 11.7 Å². The number of esters is 2. The Labute approximate surface area is 186 Å². The van der Waals surface area contributed by atoms with Gasteiger partial charge in [0, 0.05) is 25.8 Å². The van der Waals surface area contributed by atoms with Crippen LogP contribution in [0.4, 0.5) is 0 Å². The molecule has 0 fully saturated rings. The topological polar surface area (TPSA) is 110 Å². The normalized spacial score (nSPS) is 21.2. The molecule has 1 aromatic carbocycles. The van der Waals surface area contributed by atoms with Crippen LogP contribution in [0.3, 0.4) is 0 Å². The average molecular weight is 444 g/mol. The van der Waals surface area contributed by atoms with E-state index in [4.69, 9.17) is 23.5 Å². The lowest BCUT2D eigenvalue weighted by Crippen LogP contribution is -2.42. The third-order valence-corrected chi connectivity index (χ3v) is 4.87. The van der Waals surface area contributed by atoms with Gasteiger partial charge >= 0.3 is 11.9 Å². The van der Waals surface area contributed by atoms with Gasteiger partial charge in [-0.2, -0.15) is 4.98 Å². The van der Waals surface area contributed by atoms with Gasteiger partial charge in [-0.25, -0.2) is 0 Å². The van der Waals surface area contributed by atoms with Crippen molar-refractivity contribution in [1.29, 1.82) is 0 Å². The van der Waals surface area contributed by atoms with E-state index in [0.717, 1.165) is 11.1 Å². The largest absolute Gasteiger partial charge is 0.463 e. The quantitative estimate of drug-likeness (QED) is 0.425. The highest BCUT2D eigenvalue weighted by Crippen LogP contribution is 2.22. The van der Waals surface area contributed by atoms with Crippen LogP contribution >= 0.6 is 0 Å². The summed E-state index contributed by atoms with van der Waals surface area (Å²) in [4.78, 5) is 26.9. The first-order valence-electron chi connectivity index (χ1n) is 10.5. The van der Waals surface area contributed by atoms with Crippen LogP contribution in [0.1, 0.15) is 38.6 Å². The van der Waals surface area contributed by atoms with Crippen molar-refractivity contribution < 1.29 is 33.1 Å². The molecule has 172 valence electrons. The van der Waals surface area contributed by atoms with Crippen LogP contribution in [-0.2, 0) is 35.0 Å². The van der Waals surface area contributed by atoms with Crippen molar-refractivity contribution in [2.24, 2.45) is 0 Å². The molecule has 9 nitrogen and oxygen atoms in total. The van der Waals surface area contributed by atoms with E-state index in [9.17, 15) is 9.59 Å². The first kappa shape index (κ1) is 23.6. The fourth-order valence-corrected chi connectivity index (χ4v) is 3.25. The van der Waals surface area contributed by atoms with E-state index in [1.165, 1.54) is 13.8 Å². The molecule has 0 bridgehead atoms. The summed E-state index contributed by atoms with van der Waals surface area (Å²) in [5.74, 6) is 0.199. The Hall–Kier alpha value is -3.04. The molecule has 1 aliphatic rings. The molecule has 2 aromatic rings.